The molecule has 1 atom stereocenters. The molecule has 0 aromatic heterocycles. The maximum Gasteiger partial charge on any atom is 0.0198 e. The molecule has 0 aliphatic carbocycles. The molecule has 1 unspecified atom stereocenters. The highest BCUT2D eigenvalue weighted by molar-refractivity contribution is 8.00. The summed E-state index contributed by atoms with van der Waals surface area (Å²) in [6.45, 7) is 14.7. The standard InChI is InChI=1S/C19H33NS/c1-7-12-20-18(14-21-19(4,5)6)13-16-8-10-17(11-9-16)15(2)3/h8-11,15,18,20H,7,12-14H2,1-6H3. The van der Waals surface area contributed by atoms with Crippen LogP contribution in [0.25, 0.3) is 0 Å². The molecular weight excluding hydrogens is 274 g/mol. The van der Waals surface area contributed by atoms with E-state index in [4.69, 9.17) is 0 Å². The number of nitrogens with one attached hydrogen (secondary N) is 1. The number of hydrogen-bond acceptors (Lipinski definition) is 2. The van der Waals surface area contributed by atoms with Crippen LogP contribution in [0.4, 0.5) is 0 Å². The highest BCUT2D eigenvalue weighted by Crippen LogP contribution is 2.25. The van der Waals surface area contributed by atoms with Crippen molar-refractivity contribution in [1.82, 2.24) is 5.32 Å². The molecule has 2 heteroatoms. The first-order chi connectivity index (χ1) is 9.81. The normalized spacial score (nSPS) is 13.7. The average Bonchev–Trinajstić information content (AvgIpc) is 2.41. The fourth-order valence-electron chi connectivity index (χ4n) is 2.21. The van der Waals surface area contributed by atoms with Crippen LogP contribution in [0.15, 0.2) is 24.3 Å². The predicted molar refractivity (Wildman–Crippen MR) is 98.5 cm³/mol. The quantitative estimate of drug-likeness (QED) is 0.703. The van der Waals surface area contributed by atoms with Gasteiger partial charge < -0.3 is 5.32 Å². The largest absolute Gasteiger partial charge is 0.313 e. The van der Waals surface area contributed by atoms with Gasteiger partial charge in [0.05, 0.1) is 0 Å². The second kappa shape index (κ2) is 8.85. The van der Waals surface area contributed by atoms with E-state index in [1.807, 2.05) is 0 Å². The molecular formula is C19H33NS. The van der Waals surface area contributed by atoms with Crippen molar-refractivity contribution in [3.63, 3.8) is 0 Å². The van der Waals surface area contributed by atoms with E-state index in [1.165, 1.54) is 23.3 Å². The molecule has 0 amide bonds. The fraction of sp³-hybridized carbons (Fsp3) is 0.684. The van der Waals surface area contributed by atoms with E-state index in [0.29, 0.717) is 16.7 Å². The van der Waals surface area contributed by atoms with E-state index >= 15 is 0 Å². The Morgan fingerprint density at radius 1 is 1.10 bits per heavy atom. The van der Waals surface area contributed by atoms with E-state index in [9.17, 15) is 0 Å². The van der Waals surface area contributed by atoms with Gasteiger partial charge in [-0.3, -0.25) is 0 Å². The first kappa shape index (κ1) is 18.6. The summed E-state index contributed by atoms with van der Waals surface area (Å²) in [6.07, 6.45) is 2.32. The third-order valence-corrected chi connectivity index (χ3v) is 4.96. The zero-order chi connectivity index (χ0) is 15.9. The maximum absolute atomic E-state index is 3.71. The second-order valence-electron chi connectivity index (χ2n) is 7.17. The first-order valence-electron chi connectivity index (χ1n) is 8.28. The lowest BCUT2D eigenvalue weighted by Gasteiger charge is -2.24. The molecule has 1 aromatic rings. The van der Waals surface area contributed by atoms with E-state index in [-0.39, 0.29) is 0 Å². The van der Waals surface area contributed by atoms with Gasteiger partial charge in [0.15, 0.2) is 0 Å². The Bertz CT molecular complexity index is 389. The molecule has 0 saturated carbocycles. The molecule has 1 N–H and O–H groups in total. The molecule has 0 aliphatic rings. The monoisotopic (exact) mass is 307 g/mol. The minimum Gasteiger partial charge on any atom is -0.313 e. The first-order valence-corrected chi connectivity index (χ1v) is 9.26. The van der Waals surface area contributed by atoms with Gasteiger partial charge in [0.25, 0.3) is 0 Å². The third kappa shape index (κ3) is 7.92. The minimum atomic E-state index is 0.341. The highest BCUT2D eigenvalue weighted by Gasteiger charge is 2.16. The van der Waals surface area contributed by atoms with Crippen LogP contribution >= 0.6 is 11.8 Å². The minimum absolute atomic E-state index is 0.341. The molecule has 120 valence electrons. The van der Waals surface area contributed by atoms with Crippen LogP contribution < -0.4 is 5.32 Å². The molecule has 0 bridgehead atoms. The molecule has 0 saturated heterocycles. The summed E-state index contributed by atoms with van der Waals surface area (Å²) in [5.41, 5.74) is 2.88. The molecule has 1 aromatic carbocycles. The summed E-state index contributed by atoms with van der Waals surface area (Å²) in [7, 11) is 0. The Morgan fingerprint density at radius 3 is 2.19 bits per heavy atom. The zero-order valence-corrected chi connectivity index (χ0v) is 15.5. The van der Waals surface area contributed by atoms with Crippen LogP contribution in [0.3, 0.4) is 0 Å². The summed E-state index contributed by atoms with van der Waals surface area (Å²) in [5, 5.41) is 3.71. The van der Waals surface area contributed by atoms with Crippen LogP contribution in [0, 0.1) is 0 Å². The van der Waals surface area contributed by atoms with Crippen molar-refractivity contribution in [1.29, 1.82) is 0 Å². The Kier molecular flexibility index (Phi) is 7.83. The van der Waals surface area contributed by atoms with E-state index in [2.05, 4.69) is 82.9 Å². The lowest BCUT2D eigenvalue weighted by molar-refractivity contribution is 0.548. The maximum atomic E-state index is 3.71. The number of thioether (sulfide) groups is 1. The molecule has 1 nitrogen and oxygen atoms in total. The Labute approximate surface area is 136 Å². The van der Waals surface area contributed by atoms with Gasteiger partial charge in [-0.25, -0.2) is 0 Å². The predicted octanol–water partition coefficient (Wildman–Crippen LogP) is 5.25. The smallest absolute Gasteiger partial charge is 0.0198 e. The van der Waals surface area contributed by atoms with E-state index in [0.717, 1.165) is 13.0 Å². The highest BCUT2D eigenvalue weighted by atomic mass is 32.2. The van der Waals surface area contributed by atoms with Crippen molar-refractivity contribution in [3.8, 4) is 0 Å². The van der Waals surface area contributed by atoms with Gasteiger partial charge in [-0.15, -0.1) is 0 Å². The van der Waals surface area contributed by atoms with Crippen molar-refractivity contribution >= 4 is 11.8 Å². The van der Waals surface area contributed by atoms with Crippen LogP contribution in [0.1, 0.15) is 65.0 Å². The SMILES string of the molecule is CCCNC(CSC(C)(C)C)Cc1ccc(C(C)C)cc1. The topological polar surface area (TPSA) is 12.0 Å². The molecule has 0 aliphatic heterocycles. The van der Waals surface area contributed by atoms with Crippen LogP contribution in [0.2, 0.25) is 0 Å². The van der Waals surface area contributed by atoms with Crippen molar-refractivity contribution in [3.05, 3.63) is 35.4 Å². The number of rotatable bonds is 8. The lowest BCUT2D eigenvalue weighted by Crippen LogP contribution is -2.35. The Hall–Kier alpha value is -0.470. The molecule has 0 radical (unpaired) electrons. The molecule has 0 spiro atoms. The molecule has 0 heterocycles. The van der Waals surface area contributed by atoms with E-state index < -0.39 is 0 Å². The van der Waals surface area contributed by atoms with Gasteiger partial charge in [0.1, 0.15) is 0 Å². The van der Waals surface area contributed by atoms with Crippen molar-refractivity contribution < 1.29 is 0 Å². The Balaban J connectivity index is 2.62. The van der Waals surface area contributed by atoms with Gasteiger partial charge in [0.2, 0.25) is 0 Å². The van der Waals surface area contributed by atoms with Crippen molar-refractivity contribution in [2.45, 2.75) is 71.1 Å². The van der Waals surface area contributed by atoms with Crippen molar-refractivity contribution in [2.24, 2.45) is 0 Å². The van der Waals surface area contributed by atoms with Gasteiger partial charge in [0, 0.05) is 16.5 Å². The van der Waals surface area contributed by atoms with Crippen LogP contribution in [-0.2, 0) is 6.42 Å². The summed E-state index contributed by atoms with van der Waals surface area (Å²) in [5.74, 6) is 1.79. The third-order valence-electron chi connectivity index (χ3n) is 3.53. The molecule has 0 fully saturated rings. The number of benzene rings is 1. The van der Waals surface area contributed by atoms with Gasteiger partial charge in [-0.2, -0.15) is 11.8 Å². The Morgan fingerprint density at radius 2 is 1.71 bits per heavy atom. The lowest BCUT2D eigenvalue weighted by atomic mass is 9.99. The summed E-state index contributed by atoms with van der Waals surface area (Å²) >= 11 is 2.06. The summed E-state index contributed by atoms with van der Waals surface area (Å²) < 4.78 is 0.341. The average molecular weight is 308 g/mol. The second-order valence-corrected chi connectivity index (χ2v) is 9.02. The molecule has 1 rings (SSSR count). The van der Waals surface area contributed by atoms with E-state index in [1.54, 1.807) is 0 Å². The van der Waals surface area contributed by atoms with Crippen LogP contribution in [0.5, 0.6) is 0 Å². The van der Waals surface area contributed by atoms with Gasteiger partial charge in [-0.05, 0) is 36.4 Å². The molecule has 21 heavy (non-hydrogen) atoms. The number of hydrogen-bond donors (Lipinski definition) is 1. The summed E-state index contributed by atoms with van der Waals surface area (Å²) in [4.78, 5) is 0. The van der Waals surface area contributed by atoms with Crippen molar-refractivity contribution in [2.75, 3.05) is 12.3 Å². The summed E-state index contributed by atoms with van der Waals surface area (Å²) in [6, 6.07) is 9.75. The van der Waals surface area contributed by atoms with Gasteiger partial charge in [-0.1, -0.05) is 65.8 Å². The van der Waals surface area contributed by atoms with Crippen LogP contribution in [-0.4, -0.2) is 23.1 Å². The van der Waals surface area contributed by atoms with Gasteiger partial charge >= 0.3 is 0 Å². The fourth-order valence-corrected chi connectivity index (χ4v) is 3.15. The zero-order valence-electron chi connectivity index (χ0n) is 14.7.